The fourth-order valence-electron chi connectivity index (χ4n) is 6.03. The standard InChI is InChI=1S/C32H45BrN6O4/c1-35-29-7-5-4-6-24(29)10-15-39(22-40)26-13-18-38(19-14-26)32(42)43-30(21-23-8-9-28(34)27(33)20-23)31(41)37-16-11-25(12-17-37)36(2)3/h4-9,20,22,25-26,30,35H,10-19,21,34H2,1-3H3/t30-/m1/s1. The lowest BCUT2D eigenvalue weighted by Crippen LogP contribution is -2.51. The van der Waals surface area contributed by atoms with Gasteiger partial charge in [0.25, 0.3) is 5.91 Å². The van der Waals surface area contributed by atoms with Crippen LogP contribution in [0.1, 0.15) is 36.8 Å². The summed E-state index contributed by atoms with van der Waals surface area (Å²) >= 11 is 3.46. The molecule has 234 valence electrons. The number of para-hydroxylation sites is 1. The van der Waals surface area contributed by atoms with Gasteiger partial charge in [0.2, 0.25) is 6.41 Å². The van der Waals surface area contributed by atoms with E-state index in [0.29, 0.717) is 57.3 Å². The van der Waals surface area contributed by atoms with Gasteiger partial charge in [0.05, 0.1) is 0 Å². The number of rotatable bonds is 11. The van der Waals surface area contributed by atoms with Crippen molar-refractivity contribution in [2.75, 3.05) is 64.9 Å². The summed E-state index contributed by atoms with van der Waals surface area (Å²) in [6.07, 6.45) is 3.58. The van der Waals surface area contributed by atoms with E-state index >= 15 is 0 Å². The Hall–Kier alpha value is -3.31. The summed E-state index contributed by atoms with van der Waals surface area (Å²) in [6, 6.07) is 14.1. The Morgan fingerprint density at radius 1 is 1.05 bits per heavy atom. The lowest BCUT2D eigenvalue weighted by atomic mass is 10.0. The fraction of sp³-hybridized carbons (Fsp3) is 0.531. The van der Waals surface area contributed by atoms with Crippen LogP contribution in [0.4, 0.5) is 16.2 Å². The molecular weight excluding hydrogens is 612 g/mol. The molecule has 2 aliphatic rings. The largest absolute Gasteiger partial charge is 0.436 e. The Bertz CT molecular complexity index is 1240. The van der Waals surface area contributed by atoms with Crippen LogP contribution in [0.15, 0.2) is 46.9 Å². The Balaban J connectivity index is 1.36. The van der Waals surface area contributed by atoms with Crippen LogP contribution in [0.25, 0.3) is 0 Å². The molecule has 2 aromatic carbocycles. The Morgan fingerprint density at radius 3 is 2.33 bits per heavy atom. The third kappa shape index (κ3) is 8.63. The maximum Gasteiger partial charge on any atom is 0.410 e. The molecule has 10 nitrogen and oxygen atoms in total. The number of ether oxygens (including phenoxy) is 1. The zero-order valence-corrected chi connectivity index (χ0v) is 27.1. The highest BCUT2D eigenvalue weighted by Crippen LogP contribution is 2.24. The zero-order chi connectivity index (χ0) is 30.9. The molecule has 0 radical (unpaired) electrons. The van der Waals surface area contributed by atoms with Gasteiger partial charge in [-0.1, -0.05) is 24.3 Å². The second-order valence-corrected chi connectivity index (χ2v) is 12.5. The van der Waals surface area contributed by atoms with Gasteiger partial charge in [0.15, 0.2) is 6.10 Å². The fourth-order valence-corrected chi connectivity index (χ4v) is 6.45. The highest BCUT2D eigenvalue weighted by Gasteiger charge is 2.34. The van der Waals surface area contributed by atoms with Crippen LogP contribution in [0.2, 0.25) is 0 Å². The van der Waals surface area contributed by atoms with Gasteiger partial charge in [0, 0.05) is 74.1 Å². The Kier molecular flexibility index (Phi) is 11.7. The maximum atomic E-state index is 13.7. The van der Waals surface area contributed by atoms with Crippen molar-refractivity contribution >= 4 is 45.7 Å². The van der Waals surface area contributed by atoms with Crippen LogP contribution in [0.5, 0.6) is 0 Å². The SMILES string of the molecule is CNc1ccccc1CCN(C=O)C1CCN(C(=O)O[C@H](Cc2ccc(N)c(Br)c2)C(=O)N2CCC(N(C)C)CC2)CC1. The van der Waals surface area contributed by atoms with E-state index in [2.05, 4.69) is 46.3 Å². The Morgan fingerprint density at radius 2 is 1.70 bits per heavy atom. The molecule has 0 bridgehead atoms. The van der Waals surface area contributed by atoms with E-state index in [4.69, 9.17) is 10.5 Å². The minimum atomic E-state index is -0.935. The number of hydrogen-bond donors (Lipinski definition) is 2. The highest BCUT2D eigenvalue weighted by molar-refractivity contribution is 9.10. The molecule has 2 heterocycles. The monoisotopic (exact) mass is 656 g/mol. The van der Waals surface area contributed by atoms with E-state index in [1.165, 1.54) is 0 Å². The van der Waals surface area contributed by atoms with E-state index < -0.39 is 12.2 Å². The zero-order valence-electron chi connectivity index (χ0n) is 25.5. The van der Waals surface area contributed by atoms with Crippen molar-refractivity contribution in [3.63, 3.8) is 0 Å². The van der Waals surface area contributed by atoms with E-state index in [0.717, 1.165) is 47.0 Å². The highest BCUT2D eigenvalue weighted by atomic mass is 79.9. The number of nitrogens with two attached hydrogens (primary N) is 1. The van der Waals surface area contributed by atoms with Gasteiger partial charge < -0.3 is 35.4 Å². The number of hydrogen-bond acceptors (Lipinski definition) is 7. The predicted molar refractivity (Wildman–Crippen MR) is 173 cm³/mol. The van der Waals surface area contributed by atoms with E-state index in [-0.39, 0.29) is 18.4 Å². The third-order valence-electron chi connectivity index (χ3n) is 8.76. The number of halogens is 1. The molecule has 4 rings (SSSR count). The maximum absolute atomic E-state index is 13.7. The first-order chi connectivity index (χ1) is 20.7. The van der Waals surface area contributed by atoms with Crippen LogP contribution in [-0.4, -0.2) is 110 Å². The summed E-state index contributed by atoms with van der Waals surface area (Å²) in [6.45, 7) is 2.79. The molecule has 0 saturated carbocycles. The molecule has 0 aromatic heterocycles. The summed E-state index contributed by atoms with van der Waals surface area (Å²) in [4.78, 5) is 46.6. The Labute approximate surface area is 263 Å². The molecule has 2 aromatic rings. The van der Waals surface area contributed by atoms with E-state index in [1.807, 2.05) is 47.2 Å². The summed E-state index contributed by atoms with van der Waals surface area (Å²) < 4.78 is 6.70. The molecule has 11 heteroatoms. The number of nitrogens with zero attached hydrogens (tertiary/aromatic N) is 4. The van der Waals surface area contributed by atoms with Crippen molar-refractivity contribution in [3.05, 3.63) is 58.1 Å². The number of carbonyl (C=O) groups excluding carboxylic acids is 3. The van der Waals surface area contributed by atoms with Gasteiger partial charge in [-0.3, -0.25) is 9.59 Å². The molecule has 1 atom stereocenters. The number of piperidine rings is 2. The van der Waals surface area contributed by atoms with Crippen LogP contribution in [0, 0.1) is 0 Å². The molecule has 0 unspecified atom stereocenters. The van der Waals surface area contributed by atoms with Crippen molar-refractivity contribution in [1.29, 1.82) is 0 Å². The lowest BCUT2D eigenvalue weighted by molar-refractivity contribution is -0.142. The smallest absolute Gasteiger partial charge is 0.410 e. The first-order valence-corrected chi connectivity index (χ1v) is 15.9. The minimum Gasteiger partial charge on any atom is -0.436 e. The number of carbonyl (C=O) groups is 3. The number of benzene rings is 2. The molecular formula is C32H45BrN6O4. The van der Waals surface area contributed by atoms with Gasteiger partial charge in [0.1, 0.15) is 0 Å². The molecule has 3 amide bonds. The molecule has 0 aliphatic carbocycles. The molecule has 43 heavy (non-hydrogen) atoms. The topological polar surface area (TPSA) is 111 Å². The van der Waals surface area contributed by atoms with Gasteiger partial charge in [-0.15, -0.1) is 0 Å². The van der Waals surface area contributed by atoms with Crippen molar-refractivity contribution in [2.24, 2.45) is 0 Å². The summed E-state index contributed by atoms with van der Waals surface area (Å²) in [5.74, 6) is -0.164. The van der Waals surface area contributed by atoms with Gasteiger partial charge >= 0.3 is 6.09 Å². The van der Waals surface area contributed by atoms with Gasteiger partial charge in [-0.05, 0) is 91.5 Å². The number of likely N-dealkylation sites (tertiary alicyclic amines) is 2. The molecule has 2 fully saturated rings. The molecule has 3 N–H and O–H groups in total. The summed E-state index contributed by atoms with van der Waals surface area (Å²) in [7, 11) is 6.02. The summed E-state index contributed by atoms with van der Waals surface area (Å²) in [5.41, 5.74) is 9.65. The number of nitrogen functional groups attached to an aromatic ring is 1. The van der Waals surface area contributed by atoms with Crippen LogP contribution >= 0.6 is 15.9 Å². The number of anilines is 2. The van der Waals surface area contributed by atoms with Crippen LogP contribution in [-0.2, 0) is 27.2 Å². The van der Waals surface area contributed by atoms with Gasteiger partial charge in [-0.25, -0.2) is 4.79 Å². The average molecular weight is 658 g/mol. The van der Waals surface area contributed by atoms with E-state index in [9.17, 15) is 14.4 Å². The minimum absolute atomic E-state index is 0.0471. The van der Waals surface area contributed by atoms with Crippen LogP contribution in [0.3, 0.4) is 0 Å². The van der Waals surface area contributed by atoms with Crippen molar-refractivity contribution in [3.8, 4) is 0 Å². The molecule has 0 spiro atoms. The second-order valence-electron chi connectivity index (χ2n) is 11.7. The van der Waals surface area contributed by atoms with Crippen molar-refractivity contribution in [1.82, 2.24) is 19.6 Å². The average Bonchev–Trinajstić information content (AvgIpc) is 3.02. The second kappa shape index (κ2) is 15.4. The lowest BCUT2D eigenvalue weighted by Gasteiger charge is -2.38. The summed E-state index contributed by atoms with van der Waals surface area (Å²) in [5, 5.41) is 3.20. The third-order valence-corrected chi connectivity index (χ3v) is 9.45. The van der Waals surface area contributed by atoms with Crippen LogP contribution < -0.4 is 11.1 Å². The molecule has 2 aliphatic heterocycles. The normalized spacial score (nSPS) is 17.0. The van der Waals surface area contributed by atoms with Crippen molar-refractivity contribution in [2.45, 2.75) is 56.7 Å². The quantitative estimate of drug-likeness (QED) is 0.279. The van der Waals surface area contributed by atoms with Gasteiger partial charge in [-0.2, -0.15) is 0 Å². The van der Waals surface area contributed by atoms with E-state index in [1.54, 1.807) is 11.0 Å². The van der Waals surface area contributed by atoms with Crippen molar-refractivity contribution < 1.29 is 19.1 Å². The first-order valence-electron chi connectivity index (χ1n) is 15.1. The number of nitrogens with one attached hydrogen (secondary N) is 1. The predicted octanol–water partition coefficient (Wildman–Crippen LogP) is 3.84. The molecule has 2 saturated heterocycles. The first kappa shape index (κ1) is 32.6. The number of amides is 3.